The van der Waals surface area contributed by atoms with Crippen LogP contribution in [0.1, 0.15) is 26.7 Å². The first-order chi connectivity index (χ1) is 11.2. The second kappa shape index (κ2) is 7.21. The number of nitrogens with one attached hydrogen (secondary N) is 1. The van der Waals surface area contributed by atoms with Crippen LogP contribution in [0.25, 0.3) is 11.1 Å². The van der Waals surface area contributed by atoms with E-state index >= 15 is 0 Å². The number of rotatable bonds is 7. The molecular weight excluding hydrogens is 332 g/mol. The number of hydrogen-bond donors (Lipinski definition) is 1. The third-order valence-corrected chi connectivity index (χ3v) is 5.48. The lowest BCUT2D eigenvalue weighted by molar-refractivity contribution is -0.120. The summed E-state index contributed by atoms with van der Waals surface area (Å²) in [5.41, 5.74) is 0.732. The molecule has 2 rings (SSSR count). The van der Waals surface area contributed by atoms with Crippen molar-refractivity contribution in [2.45, 2.75) is 31.6 Å². The van der Waals surface area contributed by atoms with Gasteiger partial charge in [-0.2, -0.15) is 0 Å². The van der Waals surface area contributed by atoms with E-state index in [0.29, 0.717) is 18.0 Å². The molecule has 0 unspecified atom stereocenters. The molecule has 24 heavy (non-hydrogen) atoms. The van der Waals surface area contributed by atoms with Gasteiger partial charge in [0, 0.05) is 26.1 Å². The average molecular weight is 354 g/mol. The van der Waals surface area contributed by atoms with Crippen LogP contribution < -0.4 is 11.1 Å². The van der Waals surface area contributed by atoms with Crippen molar-refractivity contribution in [2.24, 2.45) is 13.0 Å². The highest BCUT2D eigenvalue weighted by Crippen LogP contribution is 2.19. The van der Waals surface area contributed by atoms with Crippen molar-refractivity contribution in [2.75, 3.05) is 12.3 Å². The second-order valence-corrected chi connectivity index (χ2v) is 8.27. The topological polar surface area (TPSA) is 98.4 Å². The molecule has 1 N–H and O–H groups in total. The number of benzene rings is 1. The van der Waals surface area contributed by atoms with Gasteiger partial charge >= 0.3 is 5.76 Å². The van der Waals surface area contributed by atoms with Gasteiger partial charge in [0.1, 0.15) is 0 Å². The van der Waals surface area contributed by atoms with Crippen LogP contribution in [-0.2, 0) is 21.7 Å². The van der Waals surface area contributed by atoms with E-state index < -0.39 is 15.6 Å². The zero-order valence-electron chi connectivity index (χ0n) is 14.0. The van der Waals surface area contributed by atoms with Gasteiger partial charge in [0.15, 0.2) is 15.4 Å². The molecule has 1 aromatic heterocycles. The van der Waals surface area contributed by atoms with E-state index in [2.05, 4.69) is 19.2 Å². The van der Waals surface area contributed by atoms with Crippen molar-refractivity contribution in [3.8, 4) is 0 Å². The molecule has 0 aliphatic rings. The Labute approximate surface area is 140 Å². The number of aryl methyl sites for hydroxylation is 1. The summed E-state index contributed by atoms with van der Waals surface area (Å²) in [6.45, 7) is 4.64. The summed E-state index contributed by atoms with van der Waals surface area (Å²) < 4.78 is 31.0. The first kappa shape index (κ1) is 18.3. The van der Waals surface area contributed by atoms with Crippen LogP contribution in [0.5, 0.6) is 0 Å². The number of nitrogens with zero attached hydrogens (tertiary/aromatic N) is 1. The van der Waals surface area contributed by atoms with Gasteiger partial charge in [0.25, 0.3) is 0 Å². The standard InChI is InChI=1S/C16H22N2O5S/c1-11(2)6-8-17-15(19)7-9-24(21,22)12-4-5-13-14(10-12)23-16(20)18(13)3/h4-5,10-11H,6-9H2,1-3H3,(H,17,19). The van der Waals surface area contributed by atoms with E-state index in [1.165, 1.54) is 22.8 Å². The Morgan fingerprint density at radius 2 is 2.04 bits per heavy atom. The van der Waals surface area contributed by atoms with Crippen LogP contribution in [0.4, 0.5) is 0 Å². The molecule has 0 radical (unpaired) electrons. The van der Waals surface area contributed by atoms with Gasteiger partial charge in [-0.05, 0) is 24.5 Å². The van der Waals surface area contributed by atoms with Gasteiger partial charge in [0.05, 0.1) is 16.2 Å². The van der Waals surface area contributed by atoms with Crippen LogP contribution in [0.3, 0.4) is 0 Å². The minimum absolute atomic E-state index is 0.0410. The number of sulfone groups is 1. The van der Waals surface area contributed by atoms with Crippen molar-refractivity contribution in [1.82, 2.24) is 9.88 Å². The minimum atomic E-state index is -3.62. The molecule has 7 nitrogen and oxygen atoms in total. The quantitative estimate of drug-likeness (QED) is 0.811. The maximum absolute atomic E-state index is 12.3. The van der Waals surface area contributed by atoms with Gasteiger partial charge < -0.3 is 9.73 Å². The van der Waals surface area contributed by atoms with Gasteiger partial charge in [-0.1, -0.05) is 13.8 Å². The van der Waals surface area contributed by atoms with E-state index in [4.69, 9.17) is 4.42 Å². The van der Waals surface area contributed by atoms with Crippen LogP contribution in [0, 0.1) is 5.92 Å². The van der Waals surface area contributed by atoms with E-state index in [0.717, 1.165) is 6.42 Å². The first-order valence-corrected chi connectivity index (χ1v) is 9.45. The largest absolute Gasteiger partial charge is 0.419 e. The summed E-state index contributed by atoms with van der Waals surface area (Å²) in [5, 5.41) is 2.71. The minimum Gasteiger partial charge on any atom is -0.408 e. The third kappa shape index (κ3) is 4.25. The molecule has 1 amide bonds. The van der Waals surface area contributed by atoms with Crippen LogP contribution in [-0.4, -0.2) is 31.2 Å². The lowest BCUT2D eigenvalue weighted by atomic mass is 10.1. The smallest absolute Gasteiger partial charge is 0.408 e. The maximum Gasteiger partial charge on any atom is 0.419 e. The number of fused-ring (bicyclic) bond motifs is 1. The molecule has 0 fully saturated rings. The van der Waals surface area contributed by atoms with Crippen molar-refractivity contribution >= 4 is 26.8 Å². The van der Waals surface area contributed by atoms with Crippen LogP contribution >= 0.6 is 0 Å². The van der Waals surface area contributed by atoms with E-state index in [9.17, 15) is 18.0 Å². The highest BCUT2D eigenvalue weighted by Gasteiger charge is 2.18. The molecule has 0 saturated carbocycles. The molecule has 1 aromatic carbocycles. The number of hydrogen-bond acceptors (Lipinski definition) is 5. The summed E-state index contributed by atoms with van der Waals surface area (Å²) in [6.07, 6.45) is 0.749. The Kier molecular flexibility index (Phi) is 5.48. The molecule has 0 aliphatic carbocycles. The predicted molar refractivity (Wildman–Crippen MR) is 90.6 cm³/mol. The molecule has 0 bridgehead atoms. The highest BCUT2D eigenvalue weighted by atomic mass is 32.2. The number of amides is 1. The summed E-state index contributed by atoms with van der Waals surface area (Å²) in [5.74, 6) is -0.653. The van der Waals surface area contributed by atoms with Crippen molar-refractivity contribution in [3.05, 3.63) is 28.7 Å². The molecule has 1 heterocycles. The number of oxazole rings is 1. The number of aromatic nitrogens is 1. The molecule has 2 aromatic rings. The van der Waals surface area contributed by atoms with E-state index in [1.54, 1.807) is 7.05 Å². The molecule has 0 aliphatic heterocycles. The zero-order chi connectivity index (χ0) is 17.9. The van der Waals surface area contributed by atoms with Crippen LogP contribution in [0.15, 0.2) is 32.3 Å². The summed E-state index contributed by atoms with van der Waals surface area (Å²) in [7, 11) is -2.08. The fourth-order valence-corrected chi connectivity index (χ4v) is 3.49. The van der Waals surface area contributed by atoms with Gasteiger partial charge in [-0.3, -0.25) is 9.36 Å². The first-order valence-electron chi connectivity index (χ1n) is 7.80. The Morgan fingerprint density at radius 3 is 2.71 bits per heavy atom. The maximum atomic E-state index is 12.3. The summed E-state index contributed by atoms with van der Waals surface area (Å²) in [6, 6.07) is 4.27. The highest BCUT2D eigenvalue weighted by molar-refractivity contribution is 7.91. The normalized spacial score (nSPS) is 12.0. The molecule has 132 valence electrons. The van der Waals surface area contributed by atoms with Crippen LogP contribution in [0.2, 0.25) is 0 Å². The summed E-state index contributed by atoms with van der Waals surface area (Å²) in [4.78, 5) is 23.2. The van der Waals surface area contributed by atoms with E-state index in [1.807, 2.05) is 0 Å². The predicted octanol–water partition coefficient (Wildman–Crippen LogP) is 1.46. The molecule has 0 spiro atoms. The lowest BCUT2D eigenvalue weighted by Crippen LogP contribution is -2.27. The summed E-state index contributed by atoms with van der Waals surface area (Å²) >= 11 is 0. The Hall–Kier alpha value is -2.09. The van der Waals surface area contributed by atoms with Gasteiger partial charge in [-0.15, -0.1) is 0 Å². The Bertz CT molecular complexity index is 893. The van der Waals surface area contributed by atoms with E-state index in [-0.39, 0.29) is 28.6 Å². The lowest BCUT2D eigenvalue weighted by Gasteiger charge is -2.08. The third-order valence-electron chi connectivity index (χ3n) is 3.76. The number of carbonyl (C=O) groups excluding carboxylic acids is 1. The molecule has 0 atom stereocenters. The van der Waals surface area contributed by atoms with Crippen molar-refractivity contribution in [3.63, 3.8) is 0 Å². The fourth-order valence-electron chi connectivity index (χ4n) is 2.24. The SMILES string of the molecule is CC(C)CCNC(=O)CCS(=O)(=O)c1ccc2c(c1)oc(=O)n2C. The Balaban J connectivity index is 2.05. The van der Waals surface area contributed by atoms with Gasteiger partial charge in [-0.25, -0.2) is 13.2 Å². The molecule has 0 saturated heterocycles. The van der Waals surface area contributed by atoms with Gasteiger partial charge in [0.2, 0.25) is 5.91 Å². The number of carbonyl (C=O) groups is 1. The average Bonchev–Trinajstić information content (AvgIpc) is 2.79. The van der Waals surface area contributed by atoms with Crippen molar-refractivity contribution in [1.29, 1.82) is 0 Å². The Morgan fingerprint density at radius 1 is 1.33 bits per heavy atom. The monoisotopic (exact) mass is 354 g/mol. The molecule has 8 heteroatoms. The van der Waals surface area contributed by atoms with Crippen molar-refractivity contribution < 1.29 is 17.6 Å². The molecular formula is C16H22N2O5S. The zero-order valence-corrected chi connectivity index (χ0v) is 14.9. The second-order valence-electron chi connectivity index (χ2n) is 6.16. The fraction of sp³-hybridized carbons (Fsp3) is 0.500.